The standard InChI is InChI=1S/C14H21ClN2S/c1-10-7-12(15)3-4-13(10)14(8-16)17-5-6-18-9-11(17)2/h3-4,7,11,14H,5-6,8-9,16H2,1-2H3. The summed E-state index contributed by atoms with van der Waals surface area (Å²) in [5.41, 5.74) is 8.58. The Morgan fingerprint density at radius 1 is 1.56 bits per heavy atom. The smallest absolute Gasteiger partial charge is 0.0476 e. The molecule has 2 unspecified atom stereocenters. The molecule has 0 spiro atoms. The zero-order valence-electron chi connectivity index (χ0n) is 11.0. The van der Waals surface area contributed by atoms with Crippen LogP contribution in [0.4, 0.5) is 0 Å². The van der Waals surface area contributed by atoms with Gasteiger partial charge in [-0.05, 0) is 37.1 Å². The van der Waals surface area contributed by atoms with Crippen molar-refractivity contribution in [1.29, 1.82) is 0 Å². The van der Waals surface area contributed by atoms with Gasteiger partial charge in [-0.2, -0.15) is 11.8 Å². The zero-order valence-corrected chi connectivity index (χ0v) is 12.6. The summed E-state index contributed by atoms with van der Waals surface area (Å²) < 4.78 is 0. The Hall–Kier alpha value is -0.220. The number of aryl methyl sites for hydroxylation is 1. The van der Waals surface area contributed by atoms with Crippen molar-refractivity contribution in [2.45, 2.75) is 25.9 Å². The normalized spacial score (nSPS) is 23.0. The van der Waals surface area contributed by atoms with Crippen LogP contribution < -0.4 is 5.73 Å². The Labute approximate surface area is 119 Å². The van der Waals surface area contributed by atoms with E-state index in [9.17, 15) is 0 Å². The maximum atomic E-state index is 6.03. The number of thioether (sulfide) groups is 1. The van der Waals surface area contributed by atoms with Crippen LogP contribution >= 0.6 is 23.4 Å². The minimum Gasteiger partial charge on any atom is -0.329 e. The largest absolute Gasteiger partial charge is 0.329 e. The van der Waals surface area contributed by atoms with Crippen molar-refractivity contribution in [3.8, 4) is 0 Å². The van der Waals surface area contributed by atoms with Crippen LogP contribution in [0.25, 0.3) is 0 Å². The Morgan fingerprint density at radius 2 is 2.33 bits per heavy atom. The predicted octanol–water partition coefficient (Wildman–Crippen LogP) is 3.09. The summed E-state index contributed by atoms with van der Waals surface area (Å²) >= 11 is 8.06. The molecular formula is C14H21ClN2S. The lowest BCUT2D eigenvalue weighted by Gasteiger charge is -2.39. The van der Waals surface area contributed by atoms with Gasteiger partial charge >= 0.3 is 0 Å². The fourth-order valence-electron chi connectivity index (χ4n) is 2.66. The van der Waals surface area contributed by atoms with Gasteiger partial charge in [0.05, 0.1) is 0 Å². The van der Waals surface area contributed by atoms with Gasteiger partial charge in [0, 0.05) is 41.7 Å². The summed E-state index contributed by atoms with van der Waals surface area (Å²) in [5.74, 6) is 2.40. The van der Waals surface area contributed by atoms with E-state index in [1.165, 1.54) is 22.6 Å². The summed E-state index contributed by atoms with van der Waals surface area (Å²) in [7, 11) is 0. The quantitative estimate of drug-likeness (QED) is 0.925. The highest BCUT2D eigenvalue weighted by Crippen LogP contribution is 2.30. The van der Waals surface area contributed by atoms with Gasteiger partial charge in [-0.15, -0.1) is 0 Å². The maximum absolute atomic E-state index is 6.03. The third-order valence-electron chi connectivity index (χ3n) is 3.63. The molecule has 1 aliphatic heterocycles. The van der Waals surface area contributed by atoms with Gasteiger partial charge in [-0.25, -0.2) is 0 Å². The number of benzene rings is 1. The van der Waals surface area contributed by atoms with Crippen LogP contribution in [0.5, 0.6) is 0 Å². The van der Waals surface area contributed by atoms with E-state index >= 15 is 0 Å². The molecule has 0 aromatic heterocycles. The highest BCUT2D eigenvalue weighted by atomic mass is 35.5. The van der Waals surface area contributed by atoms with E-state index in [1.807, 2.05) is 23.9 Å². The molecule has 1 heterocycles. The molecule has 0 amide bonds. The van der Waals surface area contributed by atoms with Crippen LogP contribution in [0.3, 0.4) is 0 Å². The minimum absolute atomic E-state index is 0.318. The molecule has 1 aromatic rings. The Morgan fingerprint density at radius 3 is 2.94 bits per heavy atom. The highest BCUT2D eigenvalue weighted by Gasteiger charge is 2.27. The van der Waals surface area contributed by atoms with E-state index in [-0.39, 0.29) is 0 Å². The summed E-state index contributed by atoms with van der Waals surface area (Å²) in [5, 5.41) is 0.800. The lowest BCUT2D eigenvalue weighted by Crippen LogP contribution is -2.45. The molecule has 1 fully saturated rings. The molecule has 0 bridgehead atoms. The lowest BCUT2D eigenvalue weighted by atomic mass is 9.99. The maximum Gasteiger partial charge on any atom is 0.0476 e. The van der Waals surface area contributed by atoms with Gasteiger partial charge in [0.1, 0.15) is 0 Å². The van der Waals surface area contributed by atoms with Crippen LogP contribution in [0, 0.1) is 6.92 Å². The molecule has 1 saturated heterocycles. The topological polar surface area (TPSA) is 29.3 Å². The Bertz CT molecular complexity index is 411. The van der Waals surface area contributed by atoms with E-state index in [4.69, 9.17) is 17.3 Å². The van der Waals surface area contributed by atoms with Crippen LogP contribution in [0.2, 0.25) is 5.02 Å². The van der Waals surface area contributed by atoms with E-state index in [1.54, 1.807) is 0 Å². The van der Waals surface area contributed by atoms with Crippen LogP contribution in [0.15, 0.2) is 18.2 Å². The van der Waals surface area contributed by atoms with Gasteiger partial charge in [0.2, 0.25) is 0 Å². The van der Waals surface area contributed by atoms with Crippen LogP contribution in [0.1, 0.15) is 24.1 Å². The third kappa shape index (κ3) is 3.02. The van der Waals surface area contributed by atoms with Crippen LogP contribution in [-0.2, 0) is 0 Å². The first-order valence-corrected chi connectivity index (χ1v) is 7.96. The molecule has 2 N–H and O–H groups in total. The van der Waals surface area contributed by atoms with Crippen molar-refractivity contribution in [3.63, 3.8) is 0 Å². The van der Waals surface area contributed by atoms with Gasteiger partial charge in [-0.3, -0.25) is 4.90 Å². The first-order valence-electron chi connectivity index (χ1n) is 6.43. The molecule has 0 aliphatic carbocycles. The second-order valence-corrected chi connectivity index (χ2v) is 6.50. The van der Waals surface area contributed by atoms with E-state index in [2.05, 4.69) is 24.8 Å². The monoisotopic (exact) mass is 284 g/mol. The average Bonchev–Trinajstić information content (AvgIpc) is 2.34. The number of hydrogen-bond acceptors (Lipinski definition) is 3. The SMILES string of the molecule is Cc1cc(Cl)ccc1C(CN)N1CCSCC1C. The molecule has 2 rings (SSSR count). The molecule has 0 radical (unpaired) electrons. The summed E-state index contributed by atoms with van der Waals surface area (Å²) in [6, 6.07) is 7.04. The molecular weight excluding hydrogens is 264 g/mol. The molecule has 4 heteroatoms. The van der Waals surface area contributed by atoms with Crippen molar-refractivity contribution >= 4 is 23.4 Å². The van der Waals surface area contributed by atoms with Crippen molar-refractivity contribution in [2.75, 3.05) is 24.6 Å². The summed E-state index contributed by atoms with van der Waals surface area (Å²) in [4.78, 5) is 2.53. The second-order valence-electron chi connectivity index (χ2n) is 4.91. The first kappa shape index (κ1) is 14.2. The number of nitrogens with two attached hydrogens (primary N) is 1. The van der Waals surface area contributed by atoms with Gasteiger partial charge in [0.25, 0.3) is 0 Å². The molecule has 100 valence electrons. The molecule has 18 heavy (non-hydrogen) atoms. The molecule has 1 aliphatic rings. The Balaban J connectivity index is 2.26. The minimum atomic E-state index is 0.318. The van der Waals surface area contributed by atoms with Crippen LogP contribution in [-0.4, -0.2) is 35.5 Å². The summed E-state index contributed by atoms with van der Waals surface area (Å²) in [6.45, 7) is 6.19. The number of halogens is 1. The van der Waals surface area contributed by atoms with E-state index in [0.29, 0.717) is 18.6 Å². The lowest BCUT2D eigenvalue weighted by molar-refractivity contribution is 0.165. The van der Waals surface area contributed by atoms with Crippen molar-refractivity contribution < 1.29 is 0 Å². The number of nitrogens with zero attached hydrogens (tertiary/aromatic N) is 1. The molecule has 1 aromatic carbocycles. The second kappa shape index (κ2) is 6.29. The number of hydrogen-bond donors (Lipinski definition) is 1. The zero-order chi connectivity index (χ0) is 13.1. The molecule has 2 atom stereocenters. The fraction of sp³-hybridized carbons (Fsp3) is 0.571. The first-order chi connectivity index (χ1) is 8.63. The fourth-order valence-corrected chi connectivity index (χ4v) is 3.92. The van der Waals surface area contributed by atoms with E-state index < -0.39 is 0 Å². The molecule has 0 saturated carbocycles. The average molecular weight is 285 g/mol. The Kier molecular flexibility index (Phi) is 4.96. The van der Waals surface area contributed by atoms with Gasteiger partial charge in [-0.1, -0.05) is 17.7 Å². The number of rotatable bonds is 3. The summed E-state index contributed by atoms with van der Waals surface area (Å²) in [6.07, 6.45) is 0. The molecule has 2 nitrogen and oxygen atoms in total. The van der Waals surface area contributed by atoms with Gasteiger partial charge < -0.3 is 5.73 Å². The van der Waals surface area contributed by atoms with E-state index in [0.717, 1.165) is 11.6 Å². The van der Waals surface area contributed by atoms with Gasteiger partial charge in [0.15, 0.2) is 0 Å². The van der Waals surface area contributed by atoms with Crippen molar-refractivity contribution in [1.82, 2.24) is 4.90 Å². The van der Waals surface area contributed by atoms with Crippen molar-refractivity contribution in [2.24, 2.45) is 5.73 Å². The third-order valence-corrected chi connectivity index (χ3v) is 5.06. The highest BCUT2D eigenvalue weighted by molar-refractivity contribution is 7.99. The predicted molar refractivity (Wildman–Crippen MR) is 81.5 cm³/mol. The van der Waals surface area contributed by atoms with Crippen molar-refractivity contribution in [3.05, 3.63) is 34.3 Å².